The van der Waals surface area contributed by atoms with Crippen molar-refractivity contribution in [3.8, 4) is 11.5 Å². The summed E-state index contributed by atoms with van der Waals surface area (Å²) in [6.07, 6.45) is 4.29. The molecule has 108 valence electrons. The zero-order chi connectivity index (χ0) is 14.5. The standard InChI is InChI=1S/C18H19NO2/c20-18(13-14-5-4-6-14)19-15-9-11-17(12-10-15)21-16-7-2-1-3-8-16/h1-3,7-12,14H,4-6,13H2,(H,19,20). The Labute approximate surface area is 124 Å². The van der Waals surface area contributed by atoms with Gasteiger partial charge >= 0.3 is 0 Å². The van der Waals surface area contributed by atoms with E-state index in [1.807, 2.05) is 54.6 Å². The summed E-state index contributed by atoms with van der Waals surface area (Å²) >= 11 is 0. The molecule has 1 fully saturated rings. The Morgan fingerprint density at radius 3 is 2.29 bits per heavy atom. The van der Waals surface area contributed by atoms with E-state index in [-0.39, 0.29) is 5.91 Å². The molecular formula is C18H19NO2. The Morgan fingerprint density at radius 2 is 1.67 bits per heavy atom. The number of hydrogen-bond acceptors (Lipinski definition) is 2. The maximum absolute atomic E-state index is 11.8. The number of carbonyl (C=O) groups excluding carboxylic acids is 1. The normalized spacial score (nSPS) is 14.3. The fourth-order valence-corrected chi connectivity index (χ4v) is 2.40. The highest BCUT2D eigenvalue weighted by Gasteiger charge is 2.20. The molecule has 2 aromatic carbocycles. The first kappa shape index (κ1) is 13.7. The monoisotopic (exact) mass is 281 g/mol. The van der Waals surface area contributed by atoms with E-state index in [0.717, 1.165) is 17.2 Å². The maximum atomic E-state index is 11.8. The zero-order valence-corrected chi connectivity index (χ0v) is 11.9. The molecule has 21 heavy (non-hydrogen) atoms. The topological polar surface area (TPSA) is 38.3 Å². The van der Waals surface area contributed by atoms with Gasteiger partial charge < -0.3 is 10.1 Å². The number of carbonyl (C=O) groups is 1. The highest BCUT2D eigenvalue weighted by atomic mass is 16.5. The molecule has 0 atom stereocenters. The molecule has 0 spiro atoms. The highest BCUT2D eigenvalue weighted by molar-refractivity contribution is 5.90. The SMILES string of the molecule is O=C(CC1CCC1)Nc1ccc(Oc2ccccc2)cc1. The van der Waals surface area contributed by atoms with Crippen LogP contribution in [-0.2, 0) is 4.79 Å². The second-order valence-corrected chi connectivity index (χ2v) is 5.49. The van der Waals surface area contributed by atoms with Crippen LogP contribution in [0.25, 0.3) is 0 Å². The first-order chi connectivity index (χ1) is 10.3. The number of amides is 1. The largest absolute Gasteiger partial charge is 0.457 e. The number of para-hydroxylation sites is 1. The first-order valence-corrected chi connectivity index (χ1v) is 7.42. The van der Waals surface area contributed by atoms with Gasteiger partial charge in [0.05, 0.1) is 0 Å². The molecule has 0 bridgehead atoms. The van der Waals surface area contributed by atoms with Crippen LogP contribution in [0.1, 0.15) is 25.7 Å². The smallest absolute Gasteiger partial charge is 0.224 e. The number of anilines is 1. The van der Waals surface area contributed by atoms with E-state index in [1.54, 1.807) is 0 Å². The molecule has 1 amide bonds. The Bertz CT molecular complexity index is 588. The van der Waals surface area contributed by atoms with E-state index in [9.17, 15) is 4.79 Å². The van der Waals surface area contributed by atoms with Crippen molar-refractivity contribution in [1.82, 2.24) is 0 Å². The fourth-order valence-electron chi connectivity index (χ4n) is 2.40. The lowest BCUT2D eigenvalue weighted by Crippen LogP contribution is -2.20. The molecule has 1 aliphatic rings. The summed E-state index contributed by atoms with van der Waals surface area (Å²) in [6.45, 7) is 0. The Balaban J connectivity index is 1.55. The number of nitrogens with one attached hydrogen (secondary N) is 1. The lowest BCUT2D eigenvalue weighted by molar-refractivity contribution is -0.117. The van der Waals surface area contributed by atoms with Crippen molar-refractivity contribution in [1.29, 1.82) is 0 Å². The minimum Gasteiger partial charge on any atom is -0.457 e. The first-order valence-electron chi connectivity index (χ1n) is 7.42. The third-order valence-corrected chi connectivity index (χ3v) is 3.82. The molecule has 2 aromatic rings. The van der Waals surface area contributed by atoms with Gasteiger partial charge in [0.15, 0.2) is 0 Å². The van der Waals surface area contributed by atoms with Gasteiger partial charge in [-0.3, -0.25) is 4.79 Å². The molecule has 1 saturated carbocycles. The average molecular weight is 281 g/mol. The summed E-state index contributed by atoms with van der Waals surface area (Å²) in [5, 5.41) is 2.94. The van der Waals surface area contributed by atoms with Gasteiger partial charge in [0.2, 0.25) is 5.91 Å². The van der Waals surface area contributed by atoms with Crippen LogP contribution in [0.4, 0.5) is 5.69 Å². The molecule has 0 heterocycles. The van der Waals surface area contributed by atoms with Gasteiger partial charge in [0.1, 0.15) is 11.5 Å². The Morgan fingerprint density at radius 1 is 1.00 bits per heavy atom. The lowest BCUT2D eigenvalue weighted by Gasteiger charge is -2.24. The van der Waals surface area contributed by atoms with Crippen LogP contribution in [0.5, 0.6) is 11.5 Å². The molecule has 0 radical (unpaired) electrons. The Hall–Kier alpha value is -2.29. The molecule has 3 heteroatoms. The van der Waals surface area contributed by atoms with Crippen LogP contribution < -0.4 is 10.1 Å². The molecule has 0 unspecified atom stereocenters. The van der Waals surface area contributed by atoms with Crippen molar-refractivity contribution in [2.24, 2.45) is 5.92 Å². The van der Waals surface area contributed by atoms with Gasteiger partial charge in [0.25, 0.3) is 0 Å². The van der Waals surface area contributed by atoms with Gasteiger partial charge in [-0.25, -0.2) is 0 Å². The van der Waals surface area contributed by atoms with Gasteiger partial charge in [0, 0.05) is 12.1 Å². The van der Waals surface area contributed by atoms with Crippen LogP contribution in [0.3, 0.4) is 0 Å². The van der Waals surface area contributed by atoms with Gasteiger partial charge in [-0.1, -0.05) is 24.6 Å². The molecular weight excluding hydrogens is 262 g/mol. The van der Waals surface area contributed by atoms with Crippen LogP contribution in [0.15, 0.2) is 54.6 Å². The minimum absolute atomic E-state index is 0.108. The molecule has 0 aliphatic heterocycles. The number of ether oxygens (including phenoxy) is 1. The predicted octanol–water partition coefficient (Wildman–Crippen LogP) is 4.61. The lowest BCUT2D eigenvalue weighted by atomic mass is 9.83. The zero-order valence-electron chi connectivity index (χ0n) is 11.9. The predicted molar refractivity (Wildman–Crippen MR) is 83.5 cm³/mol. The molecule has 1 aliphatic carbocycles. The molecule has 3 rings (SSSR count). The second kappa shape index (κ2) is 6.44. The van der Waals surface area contributed by atoms with Gasteiger partial charge in [-0.2, -0.15) is 0 Å². The van der Waals surface area contributed by atoms with Crippen molar-refractivity contribution < 1.29 is 9.53 Å². The third kappa shape index (κ3) is 3.85. The van der Waals surface area contributed by atoms with Crippen LogP contribution >= 0.6 is 0 Å². The highest BCUT2D eigenvalue weighted by Crippen LogP contribution is 2.29. The summed E-state index contributed by atoms with van der Waals surface area (Å²) in [5.74, 6) is 2.26. The summed E-state index contributed by atoms with van der Waals surface area (Å²) in [5.41, 5.74) is 0.819. The van der Waals surface area contributed by atoms with Gasteiger partial charge in [-0.15, -0.1) is 0 Å². The van der Waals surface area contributed by atoms with Crippen molar-refractivity contribution in [3.05, 3.63) is 54.6 Å². The maximum Gasteiger partial charge on any atom is 0.224 e. The van der Waals surface area contributed by atoms with Crippen molar-refractivity contribution in [3.63, 3.8) is 0 Å². The van der Waals surface area contributed by atoms with Crippen LogP contribution in [0, 0.1) is 5.92 Å². The summed E-state index contributed by atoms with van der Waals surface area (Å²) < 4.78 is 5.72. The summed E-state index contributed by atoms with van der Waals surface area (Å²) in [7, 11) is 0. The quantitative estimate of drug-likeness (QED) is 0.869. The third-order valence-electron chi connectivity index (χ3n) is 3.82. The molecule has 0 saturated heterocycles. The number of hydrogen-bond donors (Lipinski definition) is 1. The number of benzene rings is 2. The van der Waals surface area contributed by atoms with E-state index < -0.39 is 0 Å². The van der Waals surface area contributed by atoms with Crippen molar-refractivity contribution >= 4 is 11.6 Å². The van der Waals surface area contributed by atoms with Crippen molar-refractivity contribution in [2.45, 2.75) is 25.7 Å². The van der Waals surface area contributed by atoms with Crippen LogP contribution in [-0.4, -0.2) is 5.91 Å². The summed E-state index contributed by atoms with van der Waals surface area (Å²) in [6, 6.07) is 17.1. The Kier molecular flexibility index (Phi) is 4.20. The van der Waals surface area contributed by atoms with E-state index in [1.165, 1.54) is 19.3 Å². The van der Waals surface area contributed by atoms with E-state index in [4.69, 9.17) is 4.74 Å². The van der Waals surface area contributed by atoms with E-state index >= 15 is 0 Å². The van der Waals surface area contributed by atoms with Crippen LogP contribution in [0.2, 0.25) is 0 Å². The fraction of sp³-hybridized carbons (Fsp3) is 0.278. The molecule has 3 nitrogen and oxygen atoms in total. The molecule has 0 aromatic heterocycles. The summed E-state index contributed by atoms with van der Waals surface area (Å²) in [4.78, 5) is 11.8. The van der Waals surface area contributed by atoms with Gasteiger partial charge in [-0.05, 0) is 55.2 Å². The second-order valence-electron chi connectivity index (χ2n) is 5.49. The van der Waals surface area contributed by atoms with E-state index in [2.05, 4.69) is 5.32 Å². The molecule has 1 N–H and O–H groups in total. The van der Waals surface area contributed by atoms with Crippen molar-refractivity contribution in [2.75, 3.05) is 5.32 Å². The average Bonchev–Trinajstić information content (AvgIpc) is 2.46. The minimum atomic E-state index is 0.108. The van der Waals surface area contributed by atoms with E-state index in [0.29, 0.717) is 12.3 Å². The number of rotatable bonds is 5.